The molecule has 4 nitrogen and oxygen atoms in total. The zero-order chi connectivity index (χ0) is 15.0. The van der Waals surface area contributed by atoms with E-state index in [4.69, 9.17) is 21.9 Å². The van der Waals surface area contributed by atoms with Gasteiger partial charge in [-0.3, -0.25) is 0 Å². The van der Waals surface area contributed by atoms with Crippen molar-refractivity contribution >= 4 is 17.3 Å². The highest BCUT2D eigenvalue weighted by molar-refractivity contribution is 6.33. The number of benzene rings is 2. The van der Waals surface area contributed by atoms with Crippen molar-refractivity contribution in [2.24, 2.45) is 0 Å². The Labute approximate surface area is 123 Å². The van der Waals surface area contributed by atoms with Gasteiger partial charge in [0.15, 0.2) is 0 Å². The molecular formula is C14H8ClF2N3O. The molecule has 0 aliphatic rings. The maximum atomic E-state index is 13.2. The zero-order valence-electron chi connectivity index (χ0n) is 10.5. The minimum Gasteiger partial charge on any atom is -0.398 e. The molecule has 0 spiro atoms. The molecule has 0 saturated heterocycles. The molecule has 7 heteroatoms. The summed E-state index contributed by atoms with van der Waals surface area (Å²) in [4.78, 5) is 4.08. The molecule has 1 aromatic heterocycles. The van der Waals surface area contributed by atoms with Gasteiger partial charge in [0, 0.05) is 17.3 Å². The van der Waals surface area contributed by atoms with Gasteiger partial charge in [-0.2, -0.15) is 4.98 Å². The summed E-state index contributed by atoms with van der Waals surface area (Å²) >= 11 is 6.04. The first-order valence-corrected chi connectivity index (χ1v) is 6.27. The van der Waals surface area contributed by atoms with Crippen molar-refractivity contribution in [1.29, 1.82) is 0 Å². The van der Waals surface area contributed by atoms with Crippen LogP contribution >= 0.6 is 11.6 Å². The zero-order valence-corrected chi connectivity index (χ0v) is 11.2. The molecule has 3 rings (SSSR count). The number of anilines is 1. The number of hydrogen-bond donors (Lipinski definition) is 1. The summed E-state index contributed by atoms with van der Waals surface area (Å²) in [6.45, 7) is 0. The van der Waals surface area contributed by atoms with Crippen molar-refractivity contribution in [3.8, 4) is 22.8 Å². The molecule has 0 atom stereocenters. The Balaban J connectivity index is 2.08. The van der Waals surface area contributed by atoms with E-state index in [9.17, 15) is 8.78 Å². The van der Waals surface area contributed by atoms with Crippen molar-refractivity contribution in [2.75, 3.05) is 5.73 Å². The second-order valence-electron chi connectivity index (χ2n) is 4.29. The van der Waals surface area contributed by atoms with Crippen LogP contribution in [0, 0.1) is 11.6 Å². The Morgan fingerprint density at radius 2 is 1.81 bits per heavy atom. The van der Waals surface area contributed by atoms with E-state index >= 15 is 0 Å². The van der Waals surface area contributed by atoms with Gasteiger partial charge in [-0.05, 0) is 24.3 Å². The van der Waals surface area contributed by atoms with Crippen molar-refractivity contribution in [2.45, 2.75) is 0 Å². The summed E-state index contributed by atoms with van der Waals surface area (Å²) in [6, 6.07) is 7.91. The average Bonchev–Trinajstić information content (AvgIpc) is 2.87. The maximum absolute atomic E-state index is 13.2. The third-order valence-corrected chi connectivity index (χ3v) is 3.12. The predicted molar refractivity (Wildman–Crippen MR) is 74.5 cm³/mol. The van der Waals surface area contributed by atoms with Crippen LogP contribution in [0.4, 0.5) is 14.5 Å². The summed E-state index contributed by atoms with van der Waals surface area (Å²) in [5, 5.41) is 4.04. The summed E-state index contributed by atoms with van der Waals surface area (Å²) < 4.78 is 31.5. The largest absolute Gasteiger partial charge is 0.398 e. The third-order valence-electron chi connectivity index (χ3n) is 2.81. The van der Waals surface area contributed by atoms with Crippen LogP contribution in [0.15, 0.2) is 40.9 Å². The Bertz CT molecular complexity index is 779. The number of nitrogens with two attached hydrogens (primary N) is 1. The van der Waals surface area contributed by atoms with Gasteiger partial charge in [0.25, 0.3) is 5.89 Å². The second kappa shape index (κ2) is 5.14. The van der Waals surface area contributed by atoms with Crippen molar-refractivity contribution in [3.05, 3.63) is 53.1 Å². The van der Waals surface area contributed by atoms with Crippen LogP contribution in [0.5, 0.6) is 0 Å². The quantitative estimate of drug-likeness (QED) is 0.729. The molecule has 106 valence electrons. The van der Waals surface area contributed by atoms with Gasteiger partial charge >= 0.3 is 0 Å². The maximum Gasteiger partial charge on any atom is 0.261 e. The first kappa shape index (κ1) is 13.5. The fraction of sp³-hybridized carbons (Fsp3) is 0. The highest BCUT2D eigenvalue weighted by Crippen LogP contribution is 2.33. The van der Waals surface area contributed by atoms with Crippen molar-refractivity contribution < 1.29 is 13.3 Å². The smallest absolute Gasteiger partial charge is 0.261 e. The fourth-order valence-corrected chi connectivity index (χ4v) is 2.15. The van der Waals surface area contributed by atoms with Crippen LogP contribution in [0.25, 0.3) is 22.8 Å². The topological polar surface area (TPSA) is 64.9 Å². The van der Waals surface area contributed by atoms with Crippen LogP contribution in [0.1, 0.15) is 0 Å². The van der Waals surface area contributed by atoms with Gasteiger partial charge in [-0.1, -0.05) is 22.8 Å². The monoisotopic (exact) mass is 307 g/mol. The van der Waals surface area contributed by atoms with E-state index in [1.165, 1.54) is 0 Å². The van der Waals surface area contributed by atoms with Crippen LogP contribution in [-0.4, -0.2) is 10.1 Å². The molecule has 3 aromatic rings. The number of aromatic nitrogens is 2. The van der Waals surface area contributed by atoms with Crippen molar-refractivity contribution in [1.82, 2.24) is 10.1 Å². The molecule has 21 heavy (non-hydrogen) atoms. The highest BCUT2D eigenvalue weighted by Gasteiger charge is 2.16. The predicted octanol–water partition coefficient (Wildman–Crippen LogP) is 3.92. The van der Waals surface area contributed by atoms with Crippen LogP contribution in [0.2, 0.25) is 5.02 Å². The molecular weight excluding hydrogens is 300 g/mol. The van der Waals surface area contributed by atoms with Crippen LogP contribution < -0.4 is 5.73 Å². The van der Waals surface area contributed by atoms with Gasteiger partial charge in [0.05, 0.1) is 10.6 Å². The lowest BCUT2D eigenvalue weighted by molar-refractivity contribution is 0.432. The molecule has 0 radical (unpaired) electrons. The summed E-state index contributed by atoms with van der Waals surface area (Å²) in [5.41, 5.74) is 6.73. The molecule has 2 aromatic carbocycles. The molecule has 0 amide bonds. The standard InChI is InChI=1S/C14H8ClF2N3O/c15-10-2-1-3-11(18)12(10)14-19-13(20-21-14)7-4-8(16)6-9(17)5-7/h1-6H,18H2. The summed E-state index contributed by atoms with van der Waals surface area (Å²) in [6.07, 6.45) is 0. The number of hydrogen-bond acceptors (Lipinski definition) is 4. The van der Waals surface area contributed by atoms with E-state index in [1.54, 1.807) is 18.2 Å². The summed E-state index contributed by atoms with van der Waals surface area (Å²) in [5.74, 6) is -1.33. The minimum atomic E-state index is -0.728. The molecule has 2 N–H and O–H groups in total. The number of nitrogen functional groups attached to an aromatic ring is 1. The number of nitrogens with zero attached hydrogens (tertiary/aromatic N) is 2. The molecule has 0 fully saturated rings. The fourth-order valence-electron chi connectivity index (χ4n) is 1.89. The van der Waals surface area contributed by atoms with Gasteiger partial charge < -0.3 is 10.3 Å². The third kappa shape index (κ3) is 2.57. The molecule has 0 aliphatic heterocycles. The van der Waals surface area contributed by atoms with Crippen molar-refractivity contribution in [3.63, 3.8) is 0 Å². The first-order valence-electron chi connectivity index (χ1n) is 5.89. The van der Waals surface area contributed by atoms with Gasteiger partial charge in [0.2, 0.25) is 5.82 Å². The second-order valence-corrected chi connectivity index (χ2v) is 4.69. The normalized spacial score (nSPS) is 10.8. The van der Waals surface area contributed by atoms with Gasteiger partial charge in [-0.15, -0.1) is 0 Å². The SMILES string of the molecule is Nc1cccc(Cl)c1-c1nc(-c2cc(F)cc(F)c2)no1. The van der Waals surface area contributed by atoms with Crippen LogP contribution in [0.3, 0.4) is 0 Å². The van der Waals surface area contributed by atoms with E-state index in [0.29, 0.717) is 16.3 Å². The van der Waals surface area contributed by atoms with E-state index in [0.717, 1.165) is 18.2 Å². The van der Waals surface area contributed by atoms with Gasteiger partial charge in [-0.25, -0.2) is 8.78 Å². The Kier molecular flexibility index (Phi) is 3.31. The molecule has 0 unspecified atom stereocenters. The molecule has 0 bridgehead atoms. The molecule has 1 heterocycles. The summed E-state index contributed by atoms with van der Waals surface area (Å²) in [7, 11) is 0. The molecule has 0 aliphatic carbocycles. The van der Waals surface area contributed by atoms with E-state index < -0.39 is 11.6 Å². The lowest BCUT2D eigenvalue weighted by Gasteiger charge is -2.01. The van der Waals surface area contributed by atoms with E-state index in [-0.39, 0.29) is 17.3 Å². The minimum absolute atomic E-state index is 0.0442. The van der Waals surface area contributed by atoms with E-state index in [2.05, 4.69) is 10.1 Å². The number of rotatable bonds is 2. The van der Waals surface area contributed by atoms with Gasteiger partial charge in [0.1, 0.15) is 11.6 Å². The first-order chi connectivity index (χ1) is 10.0. The van der Waals surface area contributed by atoms with E-state index in [1.807, 2.05) is 0 Å². The average molecular weight is 308 g/mol. The lowest BCUT2D eigenvalue weighted by atomic mass is 10.1. The Hall–Kier alpha value is -2.47. The lowest BCUT2D eigenvalue weighted by Crippen LogP contribution is -1.91. The molecule has 0 saturated carbocycles. The highest BCUT2D eigenvalue weighted by atomic mass is 35.5. The number of halogens is 3. The Morgan fingerprint density at radius 1 is 1.10 bits per heavy atom. The Morgan fingerprint density at radius 3 is 2.48 bits per heavy atom. The van der Waals surface area contributed by atoms with Crippen LogP contribution in [-0.2, 0) is 0 Å².